The molecule has 0 atom stereocenters. The molecule has 1 aromatic rings. The lowest BCUT2D eigenvalue weighted by atomic mass is 10.1. The van der Waals surface area contributed by atoms with Gasteiger partial charge in [-0.25, -0.2) is 4.21 Å². The Morgan fingerprint density at radius 1 is 1.38 bits per heavy atom. The summed E-state index contributed by atoms with van der Waals surface area (Å²) in [5.41, 5.74) is 2.04. The third kappa shape index (κ3) is 3.59. The first kappa shape index (κ1) is 10.3. The summed E-state index contributed by atoms with van der Waals surface area (Å²) in [6.07, 6.45) is 4.27. The van der Waals surface area contributed by atoms with Crippen LogP contribution in [0.3, 0.4) is 0 Å². The predicted octanol–water partition coefficient (Wildman–Crippen LogP) is 2.61. The molecule has 0 bridgehead atoms. The normalized spacial score (nSPS) is 11.3. The van der Waals surface area contributed by atoms with Crippen LogP contribution in [0.1, 0.15) is 12.5 Å². The van der Waals surface area contributed by atoms with Crippen molar-refractivity contribution in [2.75, 3.05) is 12.5 Å². The van der Waals surface area contributed by atoms with Crippen molar-refractivity contribution in [2.24, 2.45) is 4.36 Å². The summed E-state index contributed by atoms with van der Waals surface area (Å²) >= 11 is 0. The Bertz CT molecular complexity index is 395. The second-order valence-corrected chi connectivity index (χ2v) is 5.84. The largest absolute Gasteiger partial charge is 0.250 e. The van der Waals surface area contributed by atoms with Gasteiger partial charge in [-0.05, 0) is 24.1 Å². The van der Waals surface area contributed by atoms with Crippen molar-refractivity contribution >= 4 is 15.4 Å². The maximum absolute atomic E-state index is 11.4. The first-order valence-corrected chi connectivity index (χ1v) is 6.60. The van der Waals surface area contributed by atoms with Crippen molar-refractivity contribution in [3.8, 4) is 0 Å². The van der Waals surface area contributed by atoms with Gasteiger partial charge >= 0.3 is 0 Å². The minimum absolute atomic E-state index is 0.814. The zero-order valence-electron chi connectivity index (χ0n) is 8.28. The molecule has 0 heterocycles. The van der Waals surface area contributed by atoms with Crippen LogP contribution in [0.15, 0.2) is 28.6 Å². The Hall–Kier alpha value is -0.830. The van der Waals surface area contributed by atoms with Gasteiger partial charge in [0.05, 0.1) is 5.69 Å². The van der Waals surface area contributed by atoms with Crippen molar-refractivity contribution in [3.05, 3.63) is 29.8 Å². The zero-order chi connectivity index (χ0) is 9.90. The smallest absolute Gasteiger partial charge is 0.0732 e. The number of hydrogen-bond donors (Lipinski definition) is 0. The molecule has 1 aromatic carbocycles. The van der Waals surface area contributed by atoms with Crippen molar-refractivity contribution in [1.82, 2.24) is 0 Å². The highest BCUT2D eigenvalue weighted by atomic mass is 32.2. The molecule has 72 valence electrons. The second kappa shape index (κ2) is 3.92. The molecule has 0 unspecified atom stereocenters. The van der Waals surface area contributed by atoms with Crippen LogP contribution < -0.4 is 0 Å². The number of aryl methyl sites for hydroxylation is 1. The lowest BCUT2D eigenvalue weighted by molar-refractivity contribution is 0.684. The van der Waals surface area contributed by atoms with E-state index in [1.165, 1.54) is 5.56 Å². The van der Waals surface area contributed by atoms with Gasteiger partial charge in [0.15, 0.2) is 0 Å². The van der Waals surface area contributed by atoms with Crippen LogP contribution in [0.25, 0.3) is 0 Å². The molecule has 13 heavy (non-hydrogen) atoms. The quantitative estimate of drug-likeness (QED) is 0.716. The van der Waals surface area contributed by atoms with Crippen LogP contribution in [0.4, 0.5) is 5.69 Å². The minimum atomic E-state index is -2.03. The third-order valence-electron chi connectivity index (χ3n) is 1.64. The molecule has 3 heteroatoms. The van der Waals surface area contributed by atoms with E-state index in [4.69, 9.17) is 0 Å². The Morgan fingerprint density at radius 3 is 2.62 bits per heavy atom. The Labute approximate surface area is 80.2 Å². The van der Waals surface area contributed by atoms with Gasteiger partial charge in [-0.2, -0.15) is 4.36 Å². The average molecular weight is 197 g/mol. The van der Waals surface area contributed by atoms with Crippen LogP contribution in [0.5, 0.6) is 0 Å². The number of benzene rings is 1. The Balaban J connectivity index is 3.11. The van der Waals surface area contributed by atoms with Gasteiger partial charge in [0, 0.05) is 22.2 Å². The first-order valence-electron chi connectivity index (χ1n) is 4.27. The summed E-state index contributed by atoms with van der Waals surface area (Å²) in [4.78, 5) is 0. The fourth-order valence-electron chi connectivity index (χ4n) is 1.09. The summed E-state index contributed by atoms with van der Waals surface area (Å²) in [6.45, 7) is 2.09. The van der Waals surface area contributed by atoms with Crippen molar-refractivity contribution in [3.63, 3.8) is 0 Å². The molecule has 0 amide bonds. The highest BCUT2D eigenvalue weighted by Gasteiger charge is 1.94. The van der Waals surface area contributed by atoms with Gasteiger partial charge in [-0.3, -0.25) is 0 Å². The molecule has 0 spiro atoms. The summed E-state index contributed by atoms with van der Waals surface area (Å²) in [7, 11) is -2.03. The van der Waals surface area contributed by atoms with Gasteiger partial charge in [0.2, 0.25) is 0 Å². The molecular formula is C10H15NOS. The number of nitrogens with zero attached hydrogens (tertiary/aromatic N) is 1. The van der Waals surface area contributed by atoms with Gasteiger partial charge in [-0.15, -0.1) is 0 Å². The average Bonchev–Trinajstić information content (AvgIpc) is 2.01. The van der Waals surface area contributed by atoms with Gasteiger partial charge < -0.3 is 0 Å². The highest BCUT2D eigenvalue weighted by Crippen LogP contribution is 2.15. The molecule has 0 aliphatic carbocycles. The second-order valence-electron chi connectivity index (χ2n) is 3.30. The fraction of sp³-hybridized carbons (Fsp3) is 0.400. The molecule has 0 aliphatic heterocycles. The molecule has 0 saturated carbocycles. The SMILES string of the molecule is CCc1cccc(N=S(C)(C)=O)c1. The molecule has 0 aromatic heterocycles. The van der Waals surface area contributed by atoms with E-state index < -0.39 is 9.73 Å². The number of hydrogen-bond acceptors (Lipinski definition) is 2. The van der Waals surface area contributed by atoms with E-state index >= 15 is 0 Å². The van der Waals surface area contributed by atoms with Crippen LogP contribution in [-0.4, -0.2) is 16.7 Å². The molecular weight excluding hydrogens is 182 g/mol. The van der Waals surface area contributed by atoms with Gasteiger partial charge in [-0.1, -0.05) is 19.1 Å². The molecule has 1 rings (SSSR count). The van der Waals surface area contributed by atoms with E-state index in [9.17, 15) is 4.21 Å². The minimum Gasteiger partial charge on any atom is -0.250 e. The zero-order valence-corrected chi connectivity index (χ0v) is 9.10. The molecule has 0 aliphatic rings. The van der Waals surface area contributed by atoms with Crippen LogP contribution in [0, 0.1) is 0 Å². The predicted molar refractivity (Wildman–Crippen MR) is 57.9 cm³/mol. The molecule has 2 nitrogen and oxygen atoms in total. The van der Waals surface area contributed by atoms with Gasteiger partial charge in [0.25, 0.3) is 0 Å². The Morgan fingerprint density at radius 2 is 2.08 bits per heavy atom. The molecule has 0 N–H and O–H groups in total. The standard InChI is InChI=1S/C10H15NOS/c1-4-9-6-5-7-10(8-9)11-13(2,3)12/h5-8H,4H2,1-3H3. The van der Waals surface area contributed by atoms with Crippen LogP contribution >= 0.6 is 0 Å². The van der Waals surface area contributed by atoms with Crippen molar-refractivity contribution in [1.29, 1.82) is 0 Å². The van der Waals surface area contributed by atoms with Crippen molar-refractivity contribution < 1.29 is 4.21 Å². The maximum atomic E-state index is 11.4. The van der Waals surface area contributed by atoms with E-state index in [-0.39, 0.29) is 0 Å². The van der Waals surface area contributed by atoms with E-state index in [2.05, 4.69) is 11.3 Å². The third-order valence-corrected chi connectivity index (χ3v) is 2.29. The summed E-state index contributed by atoms with van der Waals surface area (Å²) < 4.78 is 15.5. The lowest BCUT2D eigenvalue weighted by Gasteiger charge is -1.99. The summed E-state index contributed by atoms with van der Waals surface area (Å²) in [5, 5.41) is 0. The molecule has 0 fully saturated rings. The van der Waals surface area contributed by atoms with E-state index in [1.54, 1.807) is 12.5 Å². The fourth-order valence-corrected chi connectivity index (χ4v) is 1.71. The van der Waals surface area contributed by atoms with E-state index in [1.807, 2.05) is 24.3 Å². The van der Waals surface area contributed by atoms with Crippen LogP contribution in [-0.2, 0) is 16.1 Å². The summed E-state index contributed by atoms with van der Waals surface area (Å²) in [5.74, 6) is 0. The number of rotatable bonds is 2. The summed E-state index contributed by atoms with van der Waals surface area (Å²) in [6, 6.07) is 7.85. The van der Waals surface area contributed by atoms with E-state index in [0.717, 1.165) is 12.1 Å². The highest BCUT2D eigenvalue weighted by molar-refractivity contribution is 7.92. The monoisotopic (exact) mass is 197 g/mol. The molecule has 0 radical (unpaired) electrons. The van der Waals surface area contributed by atoms with Crippen molar-refractivity contribution in [2.45, 2.75) is 13.3 Å². The topological polar surface area (TPSA) is 29.4 Å². The van der Waals surface area contributed by atoms with Crippen LogP contribution in [0.2, 0.25) is 0 Å². The van der Waals surface area contributed by atoms with Gasteiger partial charge in [0.1, 0.15) is 0 Å². The lowest BCUT2D eigenvalue weighted by Crippen LogP contribution is -1.89. The van der Waals surface area contributed by atoms with E-state index in [0.29, 0.717) is 0 Å². The maximum Gasteiger partial charge on any atom is 0.0732 e. The first-order chi connectivity index (χ1) is 6.01. The Kier molecular flexibility index (Phi) is 3.09. The molecule has 0 saturated heterocycles.